The number of benzene rings is 8. The molecule has 0 saturated heterocycles. The van der Waals surface area contributed by atoms with Gasteiger partial charge in [0.25, 0.3) is 0 Å². The molecule has 0 N–H and O–H groups in total. The highest BCUT2D eigenvalue weighted by molar-refractivity contribution is 6.30. The van der Waals surface area contributed by atoms with Gasteiger partial charge in [0.05, 0.1) is 11.0 Å². The van der Waals surface area contributed by atoms with E-state index in [1.165, 1.54) is 53.9 Å². The minimum Gasteiger partial charge on any atom is -0.278 e. The fraction of sp³-hybridized carbons (Fsp3) is 0. The van der Waals surface area contributed by atoms with E-state index in [9.17, 15) is 0 Å². The summed E-state index contributed by atoms with van der Waals surface area (Å²) in [6.45, 7) is 0. The lowest BCUT2D eigenvalue weighted by Gasteiger charge is -2.13. The first kappa shape index (κ1) is 25.9. The van der Waals surface area contributed by atoms with Gasteiger partial charge in [0, 0.05) is 21.9 Å². The molecule has 218 valence electrons. The van der Waals surface area contributed by atoms with Gasteiger partial charge in [-0.1, -0.05) is 140 Å². The second-order valence-electron chi connectivity index (χ2n) is 12.0. The zero-order chi connectivity index (χ0) is 30.9. The van der Waals surface area contributed by atoms with Gasteiger partial charge in [-0.05, 0) is 61.3 Å². The molecule has 0 aliphatic rings. The molecule has 2 aromatic heterocycles. The van der Waals surface area contributed by atoms with E-state index < -0.39 is 0 Å². The van der Waals surface area contributed by atoms with Crippen molar-refractivity contribution in [2.24, 2.45) is 0 Å². The van der Waals surface area contributed by atoms with Crippen molar-refractivity contribution in [1.29, 1.82) is 0 Å². The highest BCUT2D eigenvalue weighted by Gasteiger charge is 2.21. The molecule has 10 aromatic rings. The van der Waals surface area contributed by atoms with E-state index in [2.05, 4.69) is 126 Å². The molecule has 0 aliphatic carbocycles. The number of fused-ring (bicyclic) bond motifs is 11. The van der Waals surface area contributed by atoms with Crippen molar-refractivity contribution in [3.8, 4) is 28.7 Å². The maximum atomic E-state index is 5.19. The van der Waals surface area contributed by atoms with Gasteiger partial charge in [-0.3, -0.25) is 4.57 Å². The van der Waals surface area contributed by atoms with Crippen LogP contribution in [-0.4, -0.2) is 19.5 Å². The number of aromatic nitrogens is 4. The van der Waals surface area contributed by atoms with E-state index in [4.69, 9.17) is 15.0 Å². The molecule has 0 radical (unpaired) electrons. The van der Waals surface area contributed by atoms with Crippen LogP contribution in [0.5, 0.6) is 0 Å². The van der Waals surface area contributed by atoms with Crippen LogP contribution in [0.25, 0.3) is 93.6 Å². The van der Waals surface area contributed by atoms with E-state index in [0.717, 1.165) is 22.2 Å². The van der Waals surface area contributed by atoms with Crippen molar-refractivity contribution in [1.82, 2.24) is 19.5 Å². The zero-order valence-electron chi connectivity index (χ0n) is 25.3. The topological polar surface area (TPSA) is 43.6 Å². The Bertz CT molecular complexity index is 2780. The lowest BCUT2D eigenvalue weighted by Crippen LogP contribution is -2.06. The maximum Gasteiger partial charge on any atom is 0.238 e. The molecule has 0 saturated carbocycles. The standard InChI is InChI=1S/C43H26N4/c1-3-14-28(15-4-1)41-44-42(29-16-5-2-6-17-29)46-43(45-41)47-38-24-23-27-13-7-8-18-30(27)40(38)37-25-35-33-21-11-9-19-31(33)32-20-10-12-22-34(32)36(35)26-39(37)47/h1-26H. The third-order valence-corrected chi connectivity index (χ3v) is 9.41. The largest absolute Gasteiger partial charge is 0.278 e. The summed E-state index contributed by atoms with van der Waals surface area (Å²) in [5.41, 5.74) is 4.02. The Labute approximate surface area is 270 Å². The third-order valence-electron chi connectivity index (χ3n) is 9.41. The molecule has 8 aromatic carbocycles. The van der Waals surface area contributed by atoms with Gasteiger partial charge in [-0.2, -0.15) is 9.97 Å². The Hall–Kier alpha value is -6.39. The molecule has 0 fully saturated rings. The summed E-state index contributed by atoms with van der Waals surface area (Å²) in [6, 6.07) is 55.6. The normalized spacial score (nSPS) is 11.8. The molecular formula is C43H26N4. The summed E-state index contributed by atoms with van der Waals surface area (Å²) >= 11 is 0. The predicted molar refractivity (Wildman–Crippen MR) is 195 cm³/mol. The number of rotatable bonds is 3. The number of nitrogens with zero attached hydrogens (tertiary/aromatic N) is 4. The summed E-state index contributed by atoms with van der Waals surface area (Å²) in [6.07, 6.45) is 0. The fourth-order valence-corrected chi connectivity index (χ4v) is 7.30. The first-order valence-corrected chi connectivity index (χ1v) is 15.9. The molecule has 0 amide bonds. The molecule has 47 heavy (non-hydrogen) atoms. The van der Waals surface area contributed by atoms with E-state index >= 15 is 0 Å². The van der Waals surface area contributed by atoms with Gasteiger partial charge in [0.1, 0.15) is 0 Å². The summed E-state index contributed by atoms with van der Waals surface area (Å²) in [5.74, 6) is 1.88. The van der Waals surface area contributed by atoms with E-state index in [-0.39, 0.29) is 0 Å². The zero-order valence-corrected chi connectivity index (χ0v) is 25.3. The fourth-order valence-electron chi connectivity index (χ4n) is 7.30. The minimum absolute atomic E-state index is 0.595. The van der Waals surface area contributed by atoms with Gasteiger partial charge in [-0.15, -0.1) is 0 Å². The van der Waals surface area contributed by atoms with Crippen molar-refractivity contribution in [3.63, 3.8) is 0 Å². The first-order chi connectivity index (χ1) is 23.3. The summed E-state index contributed by atoms with van der Waals surface area (Å²) in [5, 5.41) is 12.2. The summed E-state index contributed by atoms with van der Waals surface area (Å²) in [4.78, 5) is 15.4. The summed E-state index contributed by atoms with van der Waals surface area (Å²) in [7, 11) is 0. The second kappa shape index (κ2) is 10.1. The van der Waals surface area contributed by atoms with E-state index in [0.29, 0.717) is 17.6 Å². The van der Waals surface area contributed by atoms with Crippen molar-refractivity contribution in [2.75, 3.05) is 0 Å². The molecule has 2 heterocycles. The van der Waals surface area contributed by atoms with Crippen molar-refractivity contribution >= 4 is 64.9 Å². The lowest BCUT2D eigenvalue weighted by molar-refractivity contribution is 0.954. The van der Waals surface area contributed by atoms with Crippen LogP contribution < -0.4 is 0 Å². The molecule has 10 rings (SSSR count). The van der Waals surface area contributed by atoms with Gasteiger partial charge < -0.3 is 0 Å². The molecule has 0 aliphatic heterocycles. The Kier molecular flexibility index (Phi) is 5.54. The second-order valence-corrected chi connectivity index (χ2v) is 12.0. The average Bonchev–Trinajstić information content (AvgIpc) is 3.48. The Morgan fingerprint density at radius 2 is 0.830 bits per heavy atom. The third kappa shape index (κ3) is 3.92. The molecular weight excluding hydrogens is 573 g/mol. The van der Waals surface area contributed by atoms with Gasteiger partial charge in [0.2, 0.25) is 5.95 Å². The predicted octanol–water partition coefficient (Wildman–Crippen LogP) is 10.9. The van der Waals surface area contributed by atoms with Gasteiger partial charge in [-0.25, -0.2) is 4.98 Å². The van der Waals surface area contributed by atoms with E-state index in [1.54, 1.807) is 0 Å². The minimum atomic E-state index is 0.595. The van der Waals surface area contributed by atoms with Crippen LogP contribution in [0.2, 0.25) is 0 Å². The molecule has 4 nitrogen and oxygen atoms in total. The van der Waals surface area contributed by atoms with Crippen molar-refractivity contribution in [2.45, 2.75) is 0 Å². The lowest BCUT2D eigenvalue weighted by atomic mass is 9.93. The number of hydrogen-bond donors (Lipinski definition) is 0. The number of hydrogen-bond acceptors (Lipinski definition) is 3. The molecule has 0 spiro atoms. The molecule has 4 heteroatoms. The van der Waals surface area contributed by atoms with Crippen molar-refractivity contribution < 1.29 is 0 Å². The van der Waals surface area contributed by atoms with Crippen LogP contribution in [0.4, 0.5) is 0 Å². The Morgan fingerprint density at radius 3 is 1.43 bits per heavy atom. The van der Waals surface area contributed by atoms with Crippen LogP contribution >= 0.6 is 0 Å². The monoisotopic (exact) mass is 598 g/mol. The smallest absolute Gasteiger partial charge is 0.238 e. The van der Waals surface area contributed by atoms with Crippen LogP contribution in [0.3, 0.4) is 0 Å². The van der Waals surface area contributed by atoms with Crippen LogP contribution in [0.15, 0.2) is 158 Å². The van der Waals surface area contributed by atoms with Crippen LogP contribution in [-0.2, 0) is 0 Å². The molecule has 0 bridgehead atoms. The maximum absolute atomic E-state index is 5.19. The van der Waals surface area contributed by atoms with E-state index in [1.807, 2.05) is 36.4 Å². The quantitative estimate of drug-likeness (QED) is 0.190. The highest BCUT2D eigenvalue weighted by atomic mass is 15.2. The van der Waals surface area contributed by atoms with Crippen molar-refractivity contribution in [3.05, 3.63) is 158 Å². The Balaban J connectivity index is 1.40. The van der Waals surface area contributed by atoms with Gasteiger partial charge >= 0.3 is 0 Å². The SMILES string of the molecule is c1ccc(-c2nc(-c3ccccc3)nc(-n3c4cc5c6ccccc6c6ccccc6c5cc4c4c5ccccc5ccc43)n2)cc1. The molecule has 0 unspecified atom stereocenters. The Morgan fingerprint density at radius 1 is 0.340 bits per heavy atom. The molecule has 0 atom stereocenters. The van der Waals surface area contributed by atoms with Gasteiger partial charge in [0.15, 0.2) is 11.6 Å². The summed E-state index contributed by atoms with van der Waals surface area (Å²) < 4.78 is 2.24. The van der Waals surface area contributed by atoms with Crippen LogP contribution in [0.1, 0.15) is 0 Å². The average molecular weight is 599 g/mol. The highest BCUT2D eigenvalue weighted by Crippen LogP contribution is 2.42. The van der Waals surface area contributed by atoms with Crippen LogP contribution in [0, 0.1) is 0 Å². The first-order valence-electron chi connectivity index (χ1n) is 15.9.